The Bertz CT molecular complexity index is 685. The highest BCUT2D eigenvalue weighted by Gasteiger charge is 2.22. The number of hydrogen-bond donors (Lipinski definition) is 1. The summed E-state index contributed by atoms with van der Waals surface area (Å²) in [6, 6.07) is 10.3. The van der Waals surface area contributed by atoms with Crippen molar-refractivity contribution in [2.45, 2.75) is 10.6 Å². The smallest absolute Gasteiger partial charge is 0.276 e. The third kappa shape index (κ3) is 3.73. The lowest BCUT2D eigenvalue weighted by Gasteiger charge is -2.04. The maximum absolute atomic E-state index is 10.9. The average molecular weight is 321 g/mol. The van der Waals surface area contributed by atoms with E-state index in [1.807, 2.05) is 6.26 Å². The lowest BCUT2D eigenvalue weighted by molar-refractivity contribution is -0.394. The molecular formula is C14H13N2O5S+. The molecule has 0 fully saturated rings. The fourth-order valence-corrected chi connectivity index (χ4v) is 3.40. The van der Waals surface area contributed by atoms with Crippen LogP contribution in [0.5, 0.6) is 5.75 Å². The van der Waals surface area contributed by atoms with Gasteiger partial charge >= 0.3 is 0 Å². The second kappa shape index (κ2) is 6.44. The summed E-state index contributed by atoms with van der Waals surface area (Å²) in [6.45, 7) is 0. The molecule has 22 heavy (non-hydrogen) atoms. The normalized spacial score (nSPS) is 11.9. The van der Waals surface area contributed by atoms with E-state index < -0.39 is 9.85 Å². The van der Waals surface area contributed by atoms with Gasteiger partial charge in [-0.05, 0) is 24.3 Å². The van der Waals surface area contributed by atoms with Crippen LogP contribution in [0.2, 0.25) is 0 Å². The van der Waals surface area contributed by atoms with Gasteiger partial charge in [-0.2, -0.15) is 0 Å². The number of phenols is 1. The molecule has 0 spiro atoms. The van der Waals surface area contributed by atoms with Crippen LogP contribution >= 0.6 is 0 Å². The van der Waals surface area contributed by atoms with Gasteiger partial charge < -0.3 is 5.11 Å². The zero-order chi connectivity index (χ0) is 16.3. The molecule has 0 bridgehead atoms. The van der Waals surface area contributed by atoms with Crippen LogP contribution in [0.25, 0.3) is 0 Å². The fourth-order valence-electron chi connectivity index (χ4n) is 1.96. The summed E-state index contributed by atoms with van der Waals surface area (Å²) in [5, 5.41) is 31.0. The quantitative estimate of drug-likeness (QED) is 0.517. The highest BCUT2D eigenvalue weighted by molar-refractivity contribution is 7.95. The molecule has 0 aliphatic heterocycles. The van der Waals surface area contributed by atoms with E-state index in [4.69, 9.17) is 0 Å². The van der Waals surface area contributed by atoms with Crippen LogP contribution in [0.1, 0.15) is 5.56 Å². The van der Waals surface area contributed by atoms with Gasteiger partial charge in [-0.15, -0.1) is 0 Å². The van der Waals surface area contributed by atoms with Crippen molar-refractivity contribution in [3.63, 3.8) is 0 Å². The number of aromatic hydroxyl groups is 1. The zero-order valence-electron chi connectivity index (χ0n) is 11.6. The Labute approximate surface area is 128 Å². The molecule has 1 atom stereocenters. The van der Waals surface area contributed by atoms with Gasteiger partial charge in [0.25, 0.3) is 11.4 Å². The van der Waals surface area contributed by atoms with Gasteiger partial charge in [0, 0.05) is 28.6 Å². The van der Waals surface area contributed by atoms with Crippen LogP contribution in [0.15, 0.2) is 47.4 Å². The van der Waals surface area contributed by atoms with Gasteiger partial charge in [0.15, 0.2) is 4.90 Å². The molecule has 1 N–H and O–H groups in total. The first-order valence-corrected chi connectivity index (χ1v) is 8.01. The van der Waals surface area contributed by atoms with Gasteiger partial charge in [0.1, 0.15) is 17.8 Å². The summed E-state index contributed by atoms with van der Waals surface area (Å²) in [5.41, 5.74) is -0.0291. The van der Waals surface area contributed by atoms with Gasteiger partial charge in [-0.1, -0.05) is 0 Å². The molecule has 0 aromatic heterocycles. The first kappa shape index (κ1) is 15.8. The molecule has 0 heterocycles. The van der Waals surface area contributed by atoms with Crippen LogP contribution in [-0.4, -0.2) is 21.2 Å². The van der Waals surface area contributed by atoms with Crippen molar-refractivity contribution >= 4 is 22.3 Å². The number of nitro benzene ring substituents is 2. The van der Waals surface area contributed by atoms with Crippen LogP contribution in [0, 0.1) is 20.2 Å². The summed E-state index contributed by atoms with van der Waals surface area (Å²) in [7, 11) is -0.292. The molecule has 2 aromatic carbocycles. The maximum Gasteiger partial charge on any atom is 0.276 e. The Morgan fingerprint density at radius 2 is 1.50 bits per heavy atom. The molecule has 0 radical (unpaired) electrons. The Morgan fingerprint density at radius 3 is 1.95 bits per heavy atom. The van der Waals surface area contributed by atoms with Crippen molar-refractivity contribution < 1.29 is 15.0 Å². The van der Waals surface area contributed by atoms with Crippen LogP contribution in [-0.2, 0) is 16.6 Å². The topological polar surface area (TPSA) is 107 Å². The third-order valence-electron chi connectivity index (χ3n) is 3.01. The van der Waals surface area contributed by atoms with Crippen molar-refractivity contribution in [1.82, 2.24) is 0 Å². The summed E-state index contributed by atoms with van der Waals surface area (Å²) >= 11 is 0. The van der Waals surface area contributed by atoms with E-state index in [9.17, 15) is 25.3 Å². The average Bonchev–Trinajstić information content (AvgIpc) is 2.47. The van der Waals surface area contributed by atoms with E-state index >= 15 is 0 Å². The molecule has 0 amide bonds. The number of nitro groups is 2. The minimum Gasteiger partial charge on any atom is -0.508 e. The van der Waals surface area contributed by atoms with Crippen molar-refractivity contribution in [1.29, 1.82) is 0 Å². The monoisotopic (exact) mass is 321 g/mol. The van der Waals surface area contributed by atoms with Crippen LogP contribution < -0.4 is 0 Å². The van der Waals surface area contributed by atoms with E-state index in [0.717, 1.165) is 11.0 Å². The van der Waals surface area contributed by atoms with Crippen LogP contribution in [0.3, 0.4) is 0 Å². The molecule has 7 nitrogen and oxygen atoms in total. The summed E-state index contributed by atoms with van der Waals surface area (Å²) in [5.74, 6) is 0.611. The predicted octanol–water partition coefficient (Wildman–Crippen LogP) is 3.02. The summed E-state index contributed by atoms with van der Waals surface area (Å²) in [4.78, 5) is 21.5. The molecule has 114 valence electrons. The minimum atomic E-state index is -0.634. The molecule has 2 rings (SSSR count). The Kier molecular flexibility index (Phi) is 4.62. The zero-order valence-corrected chi connectivity index (χ0v) is 12.4. The largest absolute Gasteiger partial charge is 0.508 e. The van der Waals surface area contributed by atoms with E-state index in [1.165, 1.54) is 12.1 Å². The number of non-ortho nitro benzene ring substituents is 2. The van der Waals surface area contributed by atoms with Gasteiger partial charge in [-0.25, -0.2) is 0 Å². The van der Waals surface area contributed by atoms with E-state index in [2.05, 4.69) is 0 Å². The molecule has 1 unspecified atom stereocenters. The number of benzene rings is 2. The van der Waals surface area contributed by atoms with Crippen molar-refractivity contribution in [3.8, 4) is 5.75 Å². The molecule has 8 heteroatoms. The van der Waals surface area contributed by atoms with E-state index in [-0.39, 0.29) is 28.0 Å². The minimum absolute atomic E-state index is 0.159. The summed E-state index contributed by atoms with van der Waals surface area (Å²) in [6.07, 6.45) is 1.94. The molecule has 0 saturated carbocycles. The fraction of sp³-hybridized carbons (Fsp3) is 0.143. The second-order valence-electron chi connectivity index (χ2n) is 4.65. The Morgan fingerprint density at radius 1 is 1.00 bits per heavy atom. The number of rotatable bonds is 5. The third-order valence-corrected chi connectivity index (χ3v) is 4.85. The number of nitrogens with zero attached hydrogens (tertiary/aromatic N) is 2. The molecule has 2 aromatic rings. The molecular weight excluding hydrogens is 308 g/mol. The Balaban J connectivity index is 2.29. The number of hydrogen-bond acceptors (Lipinski definition) is 5. The lowest BCUT2D eigenvalue weighted by Crippen LogP contribution is -2.05. The molecule has 0 aliphatic carbocycles. The SMILES string of the molecule is C[S+](Cc1cc([N+](=O)[O-])cc([N+](=O)[O-])c1)c1ccc(O)cc1. The number of phenolic OH excluding ortho intramolecular Hbond substituents is 1. The van der Waals surface area contributed by atoms with Crippen molar-refractivity contribution in [2.24, 2.45) is 0 Å². The van der Waals surface area contributed by atoms with Gasteiger partial charge in [-0.3, -0.25) is 20.2 Å². The summed E-state index contributed by atoms with van der Waals surface area (Å²) < 4.78 is 0. The standard InChI is InChI=1S/C14H12N2O5S/c1-22(14-4-2-13(17)3-5-14)9-10-6-11(15(18)19)8-12(7-10)16(20)21/h2-8H,9H2,1H3/p+1. The second-order valence-corrected chi connectivity index (χ2v) is 6.68. The van der Waals surface area contributed by atoms with Crippen molar-refractivity contribution in [2.75, 3.05) is 6.26 Å². The van der Waals surface area contributed by atoms with E-state index in [0.29, 0.717) is 11.3 Å². The van der Waals surface area contributed by atoms with Crippen molar-refractivity contribution in [3.05, 3.63) is 68.3 Å². The van der Waals surface area contributed by atoms with Crippen LogP contribution in [0.4, 0.5) is 11.4 Å². The first-order valence-electron chi connectivity index (χ1n) is 6.21. The highest BCUT2D eigenvalue weighted by Crippen LogP contribution is 2.26. The highest BCUT2D eigenvalue weighted by atomic mass is 32.2. The van der Waals surface area contributed by atoms with Gasteiger partial charge in [0.2, 0.25) is 0 Å². The molecule has 0 saturated heterocycles. The van der Waals surface area contributed by atoms with Gasteiger partial charge in [0.05, 0.1) is 15.9 Å². The first-order chi connectivity index (χ1) is 10.4. The predicted molar refractivity (Wildman–Crippen MR) is 83.1 cm³/mol. The Hall–Kier alpha value is -2.61. The molecule has 0 aliphatic rings. The van der Waals surface area contributed by atoms with E-state index in [1.54, 1.807) is 24.3 Å². The lowest BCUT2D eigenvalue weighted by atomic mass is 10.2. The maximum atomic E-state index is 10.9.